The van der Waals surface area contributed by atoms with Crippen LogP contribution in [-0.4, -0.2) is 39.5 Å². The summed E-state index contributed by atoms with van der Waals surface area (Å²) in [5.41, 5.74) is 0.793. The van der Waals surface area contributed by atoms with E-state index in [4.69, 9.17) is 11.6 Å². The lowest BCUT2D eigenvalue weighted by Crippen LogP contribution is -2.38. The fraction of sp³-hybridized carbons (Fsp3) is 0.167. The van der Waals surface area contributed by atoms with E-state index in [9.17, 15) is 9.59 Å². The van der Waals surface area contributed by atoms with Gasteiger partial charge in [-0.3, -0.25) is 14.7 Å². The molecule has 21 heavy (non-hydrogen) atoms. The van der Waals surface area contributed by atoms with Gasteiger partial charge in [-0.15, -0.1) is 10.2 Å². The minimum atomic E-state index is -0.545. The van der Waals surface area contributed by atoms with Gasteiger partial charge in [-0.2, -0.15) is 0 Å². The molecule has 3 amide bonds. The summed E-state index contributed by atoms with van der Waals surface area (Å²) in [5.74, 6) is -0.368. The Balaban J connectivity index is 2.04. The maximum atomic E-state index is 11.5. The number of hydrogen-bond acceptors (Lipinski definition) is 5. The Morgan fingerprint density at radius 1 is 1.43 bits per heavy atom. The molecule has 7 nitrogen and oxygen atoms in total. The van der Waals surface area contributed by atoms with Crippen molar-refractivity contribution in [2.45, 2.75) is 5.16 Å². The number of aromatic nitrogens is 3. The van der Waals surface area contributed by atoms with E-state index in [2.05, 4.69) is 20.8 Å². The third-order valence-corrected chi connectivity index (χ3v) is 3.59. The molecule has 0 aliphatic rings. The third kappa shape index (κ3) is 4.20. The number of carbonyl (C=O) groups is 2. The zero-order valence-electron chi connectivity index (χ0n) is 11.0. The van der Waals surface area contributed by atoms with Gasteiger partial charge in [0.05, 0.1) is 11.4 Å². The summed E-state index contributed by atoms with van der Waals surface area (Å²) in [7, 11) is 1.44. The Hall–Kier alpha value is -2.06. The van der Waals surface area contributed by atoms with Crippen LogP contribution in [0, 0.1) is 0 Å². The highest BCUT2D eigenvalue weighted by Gasteiger charge is 2.11. The molecule has 0 aliphatic heterocycles. The van der Waals surface area contributed by atoms with E-state index < -0.39 is 11.9 Å². The molecule has 2 N–H and O–H groups in total. The zero-order chi connectivity index (χ0) is 15.2. The number of imide groups is 1. The Morgan fingerprint density at radius 3 is 2.95 bits per heavy atom. The van der Waals surface area contributed by atoms with Crippen molar-refractivity contribution in [3.8, 4) is 5.69 Å². The van der Waals surface area contributed by atoms with Crippen LogP contribution in [0.15, 0.2) is 35.7 Å². The lowest BCUT2D eigenvalue weighted by atomic mass is 10.3. The van der Waals surface area contributed by atoms with E-state index in [-0.39, 0.29) is 5.75 Å². The van der Waals surface area contributed by atoms with Crippen LogP contribution >= 0.6 is 23.4 Å². The molecule has 2 rings (SSSR count). The number of nitrogens with zero attached hydrogens (tertiary/aromatic N) is 3. The van der Waals surface area contributed by atoms with Crippen LogP contribution < -0.4 is 10.6 Å². The van der Waals surface area contributed by atoms with Gasteiger partial charge in [0.1, 0.15) is 6.33 Å². The molecule has 110 valence electrons. The molecule has 0 saturated carbocycles. The number of urea groups is 1. The standard InChI is InChI=1S/C12H12ClN5O2S/c1-14-11(20)16-10(19)6-21-12-17-15-7-18(12)9-4-2-3-8(13)5-9/h2-5,7H,6H2,1H3,(H2,14,16,19,20). The highest BCUT2D eigenvalue weighted by atomic mass is 35.5. The summed E-state index contributed by atoms with van der Waals surface area (Å²) in [6, 6.07) is 6.64. The fourth-order valence-corrected chi connectivity index (χ4v) is 2.39. The SMILES string of the molecule is CNC(=O)NC(=O)CSc1nncn1-c1cccc(Cl)c1. The smallest absolute Gasteiger partial charge is 0.321 e. The molecule has 0 fully saturated rings. The monoisotopic (exact) mass is 325 g/mol. The number of nitrogens with one attached hydrogen (secondary N) is 2. The molecular formula is C12H12ClN5O2S. The highest BCUT2D eigenvalue weighted by Crippen LogP contribution is 2.21. The molecule has 0 aliphatic carbocycles. The van der Waals surface area contributed by atoms with Crippen molar-refractivity contribution in [3.63, 3.8) is 0 Å². The average Bonchev–Trinajstić information content (AvgIpc) is 2.93. The average molecular weight is 326 g/mol. The van der Waals surface area contributed by atoms with Gasteiger partial charge in [-0.25, -0.2) is 4.79 Å². The topological polar surface area (TPSA) is 88.9 Å². The second kappa shape index (κ2) is 7.09. The Morgan fingerprint density at radius 2 is 2.24 bits per heavy atom. The quantitative estimate of drug-likeness (QED) is 0.831. The van der Waals surface area contributed by atoms with Gasteiger partial charge in [0.25, 0.3) is 0 Å². The van der Waals surface area contributed by atoms with E-state index in [1.165, 1.54) is 25.1 Å². The number of carbonyl (C=O) groups excluding carboxylic acids is 2. The number of amides is 3. The first-order valence-corrected chi connectivity index (χ1v) is 7.27. The summed E-state index contributed by atoms with van der Waals surface area (Å²) in [5, 5.41) is 13.4. The van der Waals surface area contributed by atoms with Crippen molar-refractivity contribution in [3.05, 3.63) is 35.6 Å². The van der Waals surface area contributed by atoms with Crippen molar-refractivity contribution in [2.75, 3.05) is 12.8 Å². The number of benzene rings is 1. The van der Waals surface area contributed by atoms with Gasteiger partial charge in [0, 0.05) is 12.1 Å². The molecule has 0 spiro atoms. The predicted molar refractivity (Wildman–Crippen MR) is 79.7 cm³/mol. The van der Waals surface area contributed by atoms with Crippen molar-refractivity contribution >= 4 is 35.3 Å². The van der Waals surface area contributed by atoms with Crippen molar-refractivity contribution < 1.29 is 9.59 Å². The van der Waals surface area contributed by atoms with Crippen LogP contribution in [-0.2, 0) is 4.79 Å². The van der Waals surface area contributed by atoms with Crippen molar-refractivity contribution in [2.24, 2.45) is 0 Å². The summed E-state index contributed by atoms with van der Waals surface area (Å²) in [6.45, 7) is 0. The number of thioether (sulfide) groups is 1. The minimum Gasteiger partial charge on any atom is -0.341 e. The number of hydrogen-bond donors (Lipinski definition) is 2. The second-order valence-corrected chi connectivity index (χ2v) is 5.26. The van der Waals surface area contributed by atoms with Gasteiger partial charge in [-0.1, -0.05) is 29.4 Å². The first-order valence-electron chi connectivity index (χ1n) is 5.90. The van der Waals surface area contributed by atoms with Crippen LogP contribution in [0.2, 0.25) is 5.02 Å². The Labute approximate surface area is 130 Å². The molecule has 0 bridgehead atoms. The molecule has 1 heterocycles. The lowest BCUT2D eigenvalue weighted by Gasteiger charge is -2.06. The van der Waals surface area contributed by atoms with E-state index >= 15 is 0 Å². The van der Waals surface area contributed by atoms with Crippen LogP contribution in [0.4, 0.5) is 4.79 Å². The highest BCUT2D eigenvalue weighted by molar-refractivity contribution is 7.99. The van der Waals surface area contributed by atoms with Crippen LogP contribution in [0.25, 0.3) is 5.69 Å². The fourth-order valence-electron chi connectivity index (χ4n) is 1.48. The maximum absolute atomic E-state index is 11.5. The first-order chi connectivity index (χ1) is 10.1. The predicted octanol–water partition coefficient (Wildman–Crippen LogP) is 1.47. The summed E-state index contributed by atoms with van der Waals surface area (Å²) >= 11 is 7.11. The van der Waals surface area contributed by atoms with Gasteiger partial charge >= 0.3 is 6.03 Å². The molecule has 0 atom stereocenters. The zero-order valence-corrected chi connectivity index (χ0v) is 12.6. The Bertz CT molecular complexity index is 661. The third-order valence-electron chi connectivity index (χ3n) is 2.42. The van der Waals surface area contributed by atoms with Gasteiger partial charge in [0.2, 0.25) is 5.91 Å². The molecule has 1 aromatic heterocycles. The van der Waals surface area contributed by atoms with Crippen LogP contribution in [0.5, 0.6) is 0 Å². The van der Waals surface area contributed by atoms with E-state index in [0.717, 1.165) is 5.69 Å². The van der Waals surface area contributed by atoms with E-state index in [1.807, 2.05) is 12.1 Å². The minimum absolute atomic E-state index is 0.0483. The number of halogens is 1. The van der Waals surface area contributed by atoms with Gasteiger partial charge < -0.3 is 5.32 Å². The summed E-state index contributed by atoms with van der Waals surface area (Å²) in [6.07, 6.45) is 1.53. The largest absolute Gasteiger partial charge is 0.341 e. The normalized spacial score (nSPS) is 10.2. The van der Waals surface area contributed by atoms with Crippen molar-refractivity contribution in [1.29, 1.82) is 0 Å². The summed E-state index contributed by atoms with van der Waals surface area (Å²) in [4.78, 5) is 22.5. The van der Waals surface area contributed by atoms with Crippen molar-refractivity contribution in [1.82, 2.24) is 25.4 Å². The first kappa shape index (κ1) is 15.3. The molecule has 0 saturated heterocycles. The van der Waals surface area contributed by atoms with E-state index in [1.54, 1.807) is 16.7 Å². The molecule has 9 heteroatoms. The molecular weight excluding hydrogens is 314 g/mol. The maximum Gasteiger partial charge on any atom is 0.321 e. The van der Waals surface area contributed by atoms with Gasteiger partial charge in [-0.05, 0) is 18.2 Å². The van der Waals surface area contributed by atoms with Gasteiger partial charge in [0.15, 0.2) is 5.16 Å². The molecule has 1 aromatic carbocycles. The van der Waals surface area contributed by atoms with Crippen LogP contribution in [0.1, 0.15) is 0 Å². The summed E-state index contributed by atoms with van der Waals surface area (Å²) < 4.78 is 1.71. The van der Waals surface area contributed by atoms with E-state index in [0.29, 0.717) is 10.2 Å². The Kier molecular flexibility index (Phi) is 5.18. The lowest BCUT2D eigenvalue weighted by molar-refractivity contribution is -0.117. The molecule has 0 radical (unpaired) electrons. The number of rotatable bonds is 4. The van der Waals surface area contributed by atoms with Crippen LogP contribution in [0.3, 0.4) is 0 Å². The molecule has 0 unspecified atom stereocenters. The molecule has 2 aromatic rings. The second-order valence-electron chi connectivity index (χ2n) is 3.88.